The van der Waals surface area contributed by atoms with Gasteiger partial charge in [-0.2, -0.15) is 0 Å². The van der Waals surface area contributed by atoms with Crippen LogP contribution in [0.2, 0.25) is 0 Å². The quantitative estimate of drug-likeness (QED) is 0.164. The van der Waals surface area contributed by atoms with Crippen LogP contribution in [0, 0.1) is 0 Å². The van der Waals surface area contributed by atoms with Crippen molar-refractivity contribution in [2.45, 2.75) is 19.3 Å². The van der Waals surface area contributed by atoms with Crippen LogP contribution in [0.1, 0.15) is 25.0 Å². The first-order valence-electron chi connectivity index (χ1n) is 20.3. The van der Waals surface area contributed by atoms with Crippen molar-refractivity contribution >= 4 is 54.3 Å². The van der Waals surface area contributed by atoms with Crippen LogP contribution in [0.3, 0.4) is 0 Å². The molecule has 0 unspecified atom stereocenters. The topological polar surface area (TPSA) is 13.1 Å². The molecule has 0 saturated heterocycles. The van der Waals surface area contributed by atoms with Gasteiger partial charge in [0, 0.05) is 16.2 Å². The van der Waals surface area contributed by atoms with Gasteiger partial charge in [0.05, 0.1) is 0 Å². The Labute approximate surface area is 337 Å². The second-order valence-corrected chi connectivity index (χ2v) is 16.4. The molecule has 1 nitrogen and oxygen atoms in total. The maximum atomic E-state index is 6.12. The highest BCUT2D eigenvalue weighted by molar-refractivity contribution is 6.21. The summed E-state index contributed by atoms with van der Waals surface area (Å²) in [4.78, 5) is 0. The molecular weight excluding hydrogens is 701 g/mol. The van der Waals surface area contributed by atoms with Crippen molar-refractivity contribution in [1.82, 2.24) is 0 Å². The van der Waals surface area contributed by atoms with Crippen LogP contribution < -0.4 is 0 Å². The maximum absolute atomic E-state index is 6.12. The molecule has 1 heterocycles. The van der Waals surface area contributed by atoms with Crippen molar-refractivity contribution in [3.8, 4) is 55.6 Å². The molecule has 0 N–H and O–H groups in total. The van der Waals surface area contributed by atoms with Crippen molar-refractivity contribution in [2.24, 2.45) is 0 Å². The van der Waals surface area contributed by atoms with E-state index in [0.717, 1.165) is 21.9 Å². The Morgan fingerprint density at radius 3 is 1.45 bits per heavy atom. The predicted molar refractivity (Wildman–Crippen MR) is 246 cm³/mol. The minimum atomic E-state index is -0.135. The van der Waals surface area contributed by atoms with E-state index < -0.39 is 0 Å². The Hall–Kier alpha value is -7.22. The molecule has 1 aliphatic carbocycles. The Morgan fingerprint density at radius 1 is 0.310 bits per heavy atom. The number of fused-ring (bicyclic) bond motifs is 10. The molecule has 0 saturated carbocycles. The predicted octanol–water partition coefficient (Wildman–Crippen LogP) is 16.0. The molecule has 0 amide bonds. The number of hydrogen-bond donors (Lipinski definition) is 0. The van der Waals surface area contributed by atoms with Gasteiger partial charge in [-0.25, -0.2) is 0 Å². The number of para-hydroxylation sites is 1. The van der Waals surface area contributed by atoms with Gasteiger partial charge in [0.2, 0.25) is 0 Å². The lowest BCUT2D eigenvalue weighted by atomic mass is 9.77. The van der Waals surface area contributed by atoms with Crippen LogP contribution in [0.4, 0.5) is 0 Å². The molecule has 0 spiro atoms. The highest BCUT2D eigenvalue weighted by Crippen LogP contribution is 2.54. The minimum Gasteiger partial charge on any atom is -0.456 e. The first kappa shape index (κ1) is 33.0. The van der Waals surface area contributed by atoms with Gasteiger partial charge in [-0.3, -0.25) is 0 Å². The molecular formula is C57H38O. The largest absolute Gasteiger partial charge is 0.456 e. The van der Waals surface area contributed by atoms with Crippen LogP contribution in [-0.4, -0.2) is 0 Å². The molecule has 0 aliphatic heterocycles. The average molecular weight is 739 g/mol. The summed E-state index contributed by atoms with van der Waals surface area (Å²) in [6, 6.07) is 71.4. The molecule has 0 atom stereocenters. The van der Waals surface area contributed by atoms with E-state index in [2.05, 4.69) is 196 Å². The Morgan fingerprint density at radius 2 is 0.793 bits per heavy atom. The molecule has 0 radical (unpaired) electrons. The van der Waals surface area contributed by atoms with E-state index in [1.54, 1.807) is 0 Å². The molecule has 58 heavy (non-hydrogen) atoms. The van der Waals surface area contributed by atoms with Crippen LogP contribution >= 0.6 is 0 Å². The normalized spacial score (nSPS) is 13.1. The summed E-state index contributed by atoms with van der Waals surface area (Å²) in [6.07, 6.45) is 0. The Bertz CT molecular complexity index is 3390. The van der Waals surface area contributed by atoms with E-state index in [1.165, 1.54) is 99.1 Å². The summed E-state index contributed by atoms with van der Waals surface area (Å²) in [5.41, 5.74) is 17.2. The summed E-state index contributed by atoms with van der Waals surface area (Å²) in [5, 5.41) is 9.97. The molecule has 1 heteroatoms. The fourth-order valence-electron chi connectivity index (χ4n) is 10.3. The summed E-state index contributed by atoms with van der Waals surface area (Å²) >= 11 is 0. The molecule has 1 aromatic heterocycles. The maximum Gasteiger partial charge on any atom is 0.135 e. The Balaban J connectivity index is 0.958. The number of hydrogen-bond acceptors (Lipinski definition) is 1. The molecule has 11 aromatic rings. The molecule has 0 bridgehead atoms. The molecule has 10 aromatic carbocycles. The molecule has 0 fully saturated rings. The third-order valence-corrected chi connectivity index (χ3v) is 12.8. The minimum absolute atomic E-state index is 0.135. The SMILES string of the molecule is CC1(C)c2c(-c3ccc(-c4c5ccccc5c(-c5ccc(-c6ccc7oc8ccccc8c7c6)cc5)c5ccccc45)cc3)cccc2-c2ccc3ccccc3c21. The summed E-state index contributed by atoms with van der Waals surface area (Å²) in [5.74, 6) is 0. The highest BCUT2D eigenvalue weighted by Gasteiger charge is 2.38. The first-order chi connectivity index (χ1) is 28.5. The van der Waals surface area contributed by atoms with Crippen molar-refractivity contribution in [2.75, 3.05) is 0 Å². The van der Waals surface area contributed by atoms with E-state index in [-0.39, 0.29) is 5.41 Å². The summed E-state index contributed by atoms with van der Waals surface area (Å²) in [7, 11) is 0. The third kappa shape index (κ3) is 4.77. The van der Waals surface area contributed by atoms with Crippen molar-refractivity contribution in [1.29, 1.82) is 0 Å². The third-order valence-electron chi connectivity index (χ3n) is 12.8. The second-order valence-electron chi connectivity index (χ2n) is 16.4. The number of rotatable bonds is 4. The number of furan rings is 1. The fraction of sp³-hybridized carbons (Fsp3) is 0.0526. The van der Waals surface area contributed by atoms with E-state index in [9.17, 15) is 0 Å². The van der Waals surface area contributed by atoms with Crippen molar-refractivity contribution in [3.05, 3.63) is 205 Å². The average Bonchev–Trinajstić information content (AvgIpc) is 3.77. The van der Waals surface area contributed by atoms with Gasteiger partial charge < -0.3 is 4.42 Å². The fourth-order valence-corrected chi connectivity index (χ4v) is 10.3. The van der Waals surface area contributed by atoms with Crippen LogP contribution in [0.15, 0.2) is 199 Å². The standard InChI is InChI=1S/C57H38O/c1-57(2)55-42(19-11-20-48(55)49-32-30-36-12-3-4-13-41(36)56(49)57)37-24-28-39(29-25-37)54-46-17-7-5-15-44(46)53(45-16-6-8-18-47(45)54)38-26-22-35(23-27-38)40-31-33-52-50(34-40)43-14-9-10-21-51(43)58-52/h3-34H,1-2H3. The van der Waals surface area contributed by atoms with Gasteiger partial charge in [0.15, 0.2) is 0 Å². The zero-order valence-electron chi connectivity index (χ0n) is 32.4. The molecule has 12 rings (SSSR count). The van der Waals surface area contributed by atoms with Gasteiger partial charge in [-0.1, -0.05) is 190 Å². The zero-order valence-corrected chi connectivity index (χ0v) is 32.4. The zero-order chi connectivity index (χ0) is 38.5. The monoisotopic (exact) mass is 738 g/mol. The van der Waals surface area contributed by atoms with Crippen LogP contribution in [0.5, 0.6) is 0 Å². The van der Waals surface area contributed by atoms with E-state index in [0.29, 0.717) is 0 Å². The second kappa shape index (κ2) is 12.4. The lowest BCUT2D eigenvalue weighted by Gasteiger charge is -2.26. The lowest BCUT2D eigenvalue weighted by molar-refractivity contribution is 0.668. The summed E-state index contributed by atoms with van der Waals surface area (Å²) in [6.45, 7) is 4.80. The van der Waals surface area contributed by atoms with Gasteiger partial charge in [-0.15, -0.1) is 0 Å². The van der Waals surface area contributed by atoms with E-state index >= 15 is 0 Å². The lowest BCUT2D eigenvalue weighted by Crippen LogP contribution is -2.16. The Kier molecular flexibility index (Phi) is 7.04. The van der Waals surface area contributed by atoms with E-state index in [4.69, 9.17) is 4.42 Å². The highest BCUT2D eigenvalue weighted by atomic mass is 16.3. The van der Waals surface area contributed by atoms with Gasteiger partial charge in [0.25, 0.3) is 0 Å². The van der Waals surface area contributed by atoms with Crippen molar-refractivity contribution < 1.29 is 4.42 Å². The van der Waals surface area contributed by atoms with Gasteiger partial charge in [0.1, 0.15) is 11.2 Å². The number of benzene rings is 10. The first-order valence-corrected chi connectivity index (χ1v) is 20.3. The molecule has 1 aliphatic rings. The molecule has 272 valence electrons. The van der Waals surface area contributed by atoms with E-state index in [1.807, 2.05) is 12.1 Å². The smallest absolute Gasteiger partial charge is 0.135 e. The van der Waals surface area contributed by atoms with Gasteiger partial charge >= 0.3 is 0 Å². The van der Waals surface area contributed by atoms with Crippen LogP contribution in [-0.2, 0) is 5.41 Å². The summed E-state index contributed by atoms with van der Waals surface area (Å²) < 4.78 is 6.12. The van der Waals surface area contributed by atoms with Gasteiger partial charge in [-0.05, 0) is 117 Å². The van der Waals surface area contributed by atoms with Crippen LogP contribution in [0.25, 0.3) is 110 Å². The van der Waals surface area contributed by atoms with Crippen molar-refractivity contribution in [3.63, 3.8) is 0 Å².